The molecule has 0 N–H and O–H groups in total. The third kappa shape index (κ3) is 4.23. The highest BCUT2D eigenvalue weighted by atomic mass is 16.6. The van der Waals surface area contributed by atoms with E-state index in [-0.39, 0.29) is 23.2 Å². The lowest BCUT2D eigenvalue weighted by molar-refractivity contribution is -0.135. The third-order valence-electron chi connectivity index (χ3n) is 3.67. The number of ether oxygens (including phenoxy) is 2. The number of carbonyl (C=O) groups excluding carboxylic acids is 2. The zero-order valence-corrected chi connectivity index (χ0v) is 14.4. The van der Waals surface area contributed by atoms with Gasteiger partial charge in [-0.15, -0.1) is 0 Å². The first kappa shape index (κ1) is 17.7. The van der Waals surface area contributed by atoms with Gasteiger partial charge in [0.2, 0.25) is 0 Å². The number of carbonyl (C=O) groups is 2. The van der Waals surface area contributed by atoms with Gasteiger partial charge in [-0.3, -0.25) is 9.59 Å². The Kier molecular flexibility index (Phi) is 5.08. The minimum Gasteiger partial charge on any atom is -0.493 e. The van der Waals surface area contributed by atoms with Gasteiger partial charge in [-0.05, 0) is 36.6 Å². The second kappa shape index (κ2) is 6.88. The highest BCUT2D eigenvalue weighted by Gasteiger charge is 2.32. The summed E-state index contributed by atoms with van der Waals surface area (Å²) in [5.74, 6) is 0.236. The number of nitriles is 1. The average molecular weight is 327 g/mol. The average Bonchev–Trinajstić information content (AvgIpc) is 3.37. The molecule has 1 aromatic rings. The summed E-state index contributed by atoms with van der Waals surface area (Å²) in [4.78, 5) is 24.0. The lowest BCUT2D eigenvalue weighted by Gasteiger charge is -2.15. The molecule has 1 aliphatic rings. The third-order valence-corrected chi connectivity index (χ3v) is 3.67. The van der Waals surface area contributed by atoms with Gasteiger partial charge in [0, 0.05) is 5.41 Å². The first-order valence-electron chi connectivity index (χ1n) is 7.82. The Morgan fingerprint density at radius 3 is 2.42 bits per heavy atom. The molecule has 1 saturated carbocycles. The van der Waals surface area contributed by atoms with E-state index in [1.54, 1.807) is 39.0 Å². The molecule has 24 heavy (non-hydrogen) atoms. The van der Waals surface area contributed by atoms with Crippen LogP contribution in [-0.4, -0.2) is 18.9 Å². The molecule has 1 aromatic carbocycles. The number of hydrogen-bond donors (Lipinski definition) is 0. The van der Waals surface area contributed by atoms with E-state index in [9.17, 15) is 14.9 Å². The zero-order valence-electron chi connectivity index (χ0n) is 14.4. The lowest BCUT2D eigenvalue weighted by Crippen LogP contribution is -2.21. The number of esters is 1. The van der Waals surface area contributed by atoms with Crippen LogP contribution < -0.4 is 9.47 Å². The molecule has 0 aromatic heterocycles. The quantitative estimate of drug-likeness (QED) is 0.358. The SMILES string of the molecule is COc1cc(/C=C(\C#N)C(=O)C(C)(C)C)ccc1OC(=O)C1CC1. The summed E-state index contributed by atoms with van der Waals surface area (Å²) >= 11 is 0. The molecule has 0 amide bonds. The molecule has 0 saturated heterocycles. The molecule has 1 fully saturated rings. The molecule has 2 rings (SSSR count). The van der Waals surface area contributed by atoms with Gasteiger partial charge >= 0.3 is 5.97 Å². The molecule has 0 bridgehead atoms. The summed E-state index contributed by atoms with van der Waals surface area (Å²) in [6, 6.07) is 6.89. The lowest BCUT2D eigenvalue weighted by atomic mass is 9.86. The van der Waals surface area contributed by atoms with Gasteiger partial charge in [0.25, 0.3) is 0 Å². The fourth-order valence-electron chi connectivity index (χ4n) is 2.09. The van der Waals surface area contributed by atoms with E-state index in [4.69, 9.17) is 9.47 Å². The van der Waals surface area contributed by atoms with Crippen molar-refractivity contribution in [2.75, 3.05) is 7.11 Å². The molecule has 0 aliphatic heterocycles. The van der Waals surface area contributed by atoms with Crippen molar-refractivity contribution in [3.63, 3.8) is 0 Å². The second-order valence-electron chi connectivity index (χ2n) is 6.85. The van der Waals surface area contributed by atoms with E-state index >= 15 is 0 Å². The first-order valence-corrected chi connectivity index (χ1v) is 7.82. The van der Waals surface area contributed by atoms with Crippen LogP contribution >= 0.6 is 0 Å². The summed E-state index contributed by atoms with van der Waals surface area (Å²) in [5.41, 5.74) is 0.0743. The topological polar surface area (TPSA) is 76.4 Å². The van der Waals surface area contributed by atoms with Crippen molar-refractivity contribution in [1.82, 2.24) is 0 Å². The highest BCUT2D eigenvalue weighted by Crippen LogP contribution is 2.34. The molecule has 5 heteroatoms. The van der Waals surface area contributed by atoms with Crippen molar-refractivity contribution >= 4 is 17.8 Å². The van der Waals surface area contributed by atoms with Crippen LogP contribution in [0.15, 0.2) is 23.8 Å². The normalized spacial score (nSPS) is 14.7. The highest BCUT2D eigenvalue weighted by molar-refractivity contribution is 6.06. The van der Waals surface area contributed by atoms with Crippen LogP contribution in [0.1, 0.15) is 39.2 Å². The molecule has 0 radical (unpaired) electrons. The number of rotatable bonds is 5. The van der Waals surface area contributed by atoms with Gasteiger partial charge in [0.15, 0.2) is 17.3 Å². The fourth-order valence-corrected chi connectivity index (χ4v) is 2.09. The minimum absolute atomic E-state index is 0.0103. The molecule has 5 nitrogen and oxygen atoms in total. The van der Waals surface area contributed by atoms with E-state index in [0.29, 0.717) is 17.1 Å². The molecule has 1 aliphatic carbocycles. The van der Waals surface area contributed by atoms with Gasteiger partial charge in [-0.2, -0.15) is 5.26 Å². The number of benzene rings is 1. The second-order valence-corrected chi connectivity index (χ2v) is 6.85. The van der Waals surface area contributed by atoms with Crippen LogP contribution in [0.2, 0.25) is 0 Å². The molecular weight excluding hydrogens is 306 g/mol. The standard InChI is InChI=1S/C19H21NO4/c1-19(2,3)17(21)14(11-20)9-12-5-8-15(16(10-12)23-4)24-18(22)13-6-7-13/h5,8-10,13H,6-7H2,1-4H3/b14-9+. The van der Waals surface area contributed by atoms with Crippen LogP contribution in [-0.2, 0) is 9.59 Å². The summed E-state index contributed by atoms with van der Waals surface area (Å²) in [6.45, 7) is 5.30. The Morgan fingerprint density at radius 1 is 1.25 bits per heavy atom. The number of allylic oxidation sites excluding steroid dienone is 1. The Bertz CT molecular complexity index is 731. The van der Waals surface area contributed by atoms with Gasteiger partial charge < -0.3 is 9.47 Å². The van der Waals surface area contributed by atoms with Crippen molar-refractivity contribution < 1.29 is 19.1 Å². The van der Waals surface area contributed by atoms with E-state index in [1.807, 2.05) is 6.07 Å². The largest absolute Gasteiger partial charge is 0.493 e. The van der Waals surface area contributed by atoms with E-state index in [1.165, 1.54) is 13.2 Å². The van der Waals surface area contributed by atoms with Crippen LogP contribution in [0.3, 0.4) is 0 Å². The van der Waals surface area contributed by atoms with Crippen molar-refractivity contribution in [1.29, 1.82) is 5.26 Å². The monoisotopic (exact) mass is 327 g/mol. The van der Waals surface area contributed by atoms with Crippen LogP contribution in [0.4, 0.5) is 0 Å². The van der Waals surface area contributed by atoms with Crippen LogP contribution in [0, 0.1) is 22.7 Å². The minimum atomic E-state index is -0.634. The number of ketones is 1. The van der Waals surface area contributed by atoms with E-state index in [2.05, 4.69) is 0 Å². The first-order chi connectivity index (χ1) is 11.3. The van der Waals surface area contributed by atoms with E-state index in [0.717, 1.165) is 12.8 Å². The Morgan fingerprint density at radius 2 is 1.92 bits per heavy atom. The molecule has 0 spiro atoms. The van der Waals surface area contributed by atoms with Gasteiger partial charge in [0.1, 0.15) is 6.07 Å². The summed E-state index contributed by atoms with van der Waals surface area (Å²) in [6.07, 6.45) is 3.24. The van der Waals surface area contributed by atoms with E-state index < -0.39 is 5.41 Å². The van der Waals surface area contributed by atoms with Gasteiger partial charge in [-0.1, -0.05) is 26.8 Å². The molecule has 0 heterocycles. The summed E-state index contributed by atoms with van der Waals surface area (Å²) < 4.78 is 10.6. The predicted molar refractivity (Wildman–Crippen MR) is 89.4 cm³/mol. The molecule has 126 valence electrons. The molecule has 0 unspecified atom stereocenters. The van der Waals surface area contributed by atoms with Crippen LogP contribution in [0.25, 0.3) is 6.08 Å². The Hall–Kier alpha value is -2.61. The Labute approximate surface area is 141 Å². The smallest absolute Gasteiger partial charge is 0.314 e. The predicted octanol–water partition coefficient (Wildman–Crippen LogP) is 3.53. The zero-order chi connectivity index (χ0) is 17.9. The van der Waals surface area contributed by atoms with Gasteiger partial charge in [0.05, 0.1) is 18.6 Å². The number of methoxy groups -OCH3 is 1. The maximum atomic E-state index is 12.3. The summed E-state index contributed by atoms with van der Waals surface area (Å²) in [5, 5.41) is 9.25. The number of Topliss-reactive ketones (excluding diaryl/α,β-unsaturated/α-hetero) is 1. The van der Waals surface area contributed by atoms with Crippen molar-refractivity contribution in [2.24, 2.45) is 11.3 Å². The molecular formula is C19H21NO4. The fraction of sp³-hybridized carbons (Fsp3) is 0.421. The van der Waals surface area contributed by atoms with Gasteiger partial charge in [-0.25, -0.2) is 0 Å². The maximum Gasteiger partial charge on any atom is 0.314 e. The molecule has 0 atom stereocenters. The number of hydrogen-bond acceptors (Lipinski definition) is 5. The summed E-state index contributed by atoms with van der Waals surface area (Å²) in [7, 11) is 1.47. The number of nitrogens with zero attached hydrogens (tertiary/aromatic N) is 1. The van der Waals surface area contributed by atoms with Crippen molar-refractivity contribution in [3.8, 4) is 17.6 Å². The maximum absolute atomic E-state index is 12.3. The van der Waals surface area contributed by atoms with Crippen molar-refractivity contribution in [3.05, 3.63) is 29.3 Å². The van der Waals surface area contributed by atoms with Crippen molar-refractivity contribution in [2.45, 2.75) is 33.6 Å². The van der Waals surface area contributed by atoms with Crippen LogP contribution in [0.5, 0.6) is 11.5 Å². The Balaban J connectivity index is 2.28.